The standard InChI is InChI=1S/C19H25N3O3/c1-12(2)13-5-7-14(8-6-13)17-16-15(21(3)19(24)20-17)11-22(18(16)23)9-10-25-4/h5-8,12,17H,9-11H2,1-4H3,(H,20,24). The molecule has 25 heavy (non-hydrogen) atoms. The first kappa shape index (κ1) is 17.5. The fourth-order valence-electron chi connectivity index (χ4n) is 3.33. The van der Waals surface area contributed by atoms with E-state index in [0.717, 1.165) is 11.3 Å². The maximum absolute atomic E-state index is 12.9. The molecule has 0 aliphatic carbocycles. The summed E-state index contributed by atoms with van der Waals surface area (Å²) in [4.78, 5) is 28.5. The van der Waals surface area contributed by atoms with Crippen LogP contribution in [0.3, 0.4) is 0 Å². The van der Waals surface area contributed by atoms with E-state index < -0.39 is 6.04 Å². The van der Waals surface area contributed by atoms with Crippen molar-refractivity contribution in [3.05, 3.63) is 46.7 Å². The van der Waals surface area contributed by atoms with E-state index in [4.69, 9.17) is 4.74 Å². The summed E-state index contributed by atoms with van der Waals surface area (Å²) < 4.78 is 5.09. The van der Waals surface area contributed by atoms with Gasteiger partial charge in [-0.1, -0.05) is 38.1 Å². The Labute approximate surface area is 148 Å². The van der Waals surface area contributed by atoms with E-state index in [0.29, 0.717) is 31.2 Å². The molecule has 6 nitrogen and oxygen atoms in total. The Bertz CT molecular complexity index is 709. The molecule has 2 aliphatic rings. The number of urea groups is 1. The fourth-order valence-corrected chi connectivity index (χ4v) is 3.33. The molecule has 0 fully saturated rings. The monoisotopic (exact) mass is 343 g/mol. The van der Waals surface area contributed by atoms with E-state index in [-0.39, 0.29) is 11.9 Å². The average Bonchev–Trinajstić information content (AvgIpc) is 2.93. The topological polar surface area (TPSA) is 61.9 Å². The fraction of sp³-hybridized carbons (Fsp3) is 0.474. The molecule has 1 aromatic carbocycles. The molecule has 6 heteroatoms. The summed E-state index contributed by atoms with van der Waals surface area (Å²) in [6, 6.07) is 7.54. The van der Waals surface area contributed by atoms with Crippen molar-refractivity contribution in [2.24, 2.45) is 0 Å². The van der Waals surface area contributed by atoms with Gasteiger partial charge < -0.3 is 15.0 Å². The van der Waals surface area contributed by atoms with E-state index in [9.17, 15) is 9.59 Å². The largest absolute Gasteiger partial charge is 0.383 e. The maximum Gasteiger partial charge on any atom is 0.322 e. The van der Waals surface area contributed by atoms with Gasteiger partial charge in [-0.05, 0) is 17.0 Å². The van der Waals surface area contributed by atoms with Gasteiger partial charge in [0.2, 0.25) is 0 Å². The quantitative estimate of drug-likeness (QED) is 0.892. The molecule has 1 unspecified atom stereocenters. The number of benzene rings is 1. The molecule has 2 aliphatic heterocycles. The van der Waals surface area contributed by atoms with Gasteiger partial charge in [0.1, 0.15) is 0 Å². The molecule has 0 radical (unpaired) electrons. The molecule has 0 aromatic heterocycles. The van der Waals surface area contributed by atoms with Gasteiger partial charge >= 0.3 is 6.03 Å². The predicted molar refractivity (Wildman–Crippen MR) is 95.0 cm³/mol. The highest BCUT2D eigenvalue weighted by Crippen LogP contribution is 2.35. The van der Waals surface area contributed by atoms with Crippen LogP contribution in [-0.2, 0) is 9.53 Å². The highest BCUT2D eigenvalue weighted by atomic mass is 16.5. The molecule has 3 amide bonds. The van der Waals surface area contributed by atoms with Gasteiger partial charge in [-0.2, -0.15) is 0 Å². The third-order valence-corrected chi connectivity index (χ3v) is 4.94. The highest BCUT2D eigenvalue weighted by molar-refractivity contribution is 6.01. The summed E-state index contributed by atoms with van der Waals surface area (Å²) >= 11 is 0. The first-order valence-corrected chi connectivity index (χ1v) is 8.59. The molecule has 1 N–H and O–H groups in total. The van der Waals surface area contributed by atoms with Crippen molar-refractivity contribution in [2.75, 3.05) is 33.9 Å². The number of amides is 3. The minimum Gasteiger partial charge on any atom is -0.383 e. The summed E-state index contributed by atoms with van der Waals surface area (Å²) in [5.41, 5.74) is 3.61. The average molecular weight is 343 g/mol. The lowest BCUT2D eigenvalue weighted by molar-refractivity contribution is -0.126. The van der Waals surface area contributed by atoms with Crippen LogP contribution in [0.2, 0.25) is 0 Å². The molecule has 134 valence electrons. The molecule has 1 aromatic rings. The normalized spacial score (nSPS) is 20.4. The second-order valence-corrected chi connectivity index (χ2v) is 6.84. The van der Waals surface area contributed by atoms with Crippen LogP contribution in [0.25, 0.3) is 0 Å². The van der Waals surface area contributed by atoms with Crippen molar-refractivity contribution in [1.29, 1.82) is 0 Å². The number of nitrogens with zero attached hydrogens (tertiary/aromatic N) is 2. The van der Waals surface area contributed by atoms with E-state index >= 15 is 0 Å². The third kappa shape index (κ3) is 3.14. The van der Waals surface area contributed by atoms with Crippen LogP contribution >= 0.6 is 0 Å². The van der Waals surface area contributed by atoms with Gasteiger partial charge in [-0.3, -0.25) is 9.69 Å². The summed E-state index contributed by atoms with van der Waals surface area (Å²) in [6.07, 6.45) is 0. The molecular formula is C19H25N3O3. The Morgan fingerprint density at radius 2 is 1.92 bits per heavy atom. The second kappa shape index (κ2) is 6.88. The first-order valence-electron chi connectivity index (χ1n) is 8.59. The lowest BCUT2D eigenvalue weighted by Crippen LogP contribution is -2.45. The Hall–Kier alpha value is -2.34. The van der Waals surface area contributed by atoms with Crippen molar-refractivity contribution >= 4 is 11.9 Å². The number of nitrogens with one attached hydrogen (secondary N) is 1. The molecule has 0 bridgehead atoms. The number of hydrogen-bond donors (Lipinski definition) is 1. The second-order valence-electron chi connectivity index (χ2n) is 6.84. The lowest BCUT2D eigenvalue weighted by atomic mass is 9.93. The van der Waals surface area contributed by atoms with Gasteiger partial charge in [0.25, 0.3) is 5.91 Å². The Kier molecular flexibility index (Phi) is 4.81. The molecule has 0 saturated carbocycles. The van der Waals surface area contributed by atoms with Gasteiger partial charge in [-0.15, -0.1) is 0 Å². The Balaban J connectivity index is 1.93. The number of methoxy groups -OCH3 is 1. The molecule has 1 atom stereocenters. The van der Waals surface area contributed by atoms with E-state index in [2.05, 4.69) is 31.3 Å². The van der Waals surface area contributed by atoms with Crippen LogP contribution in [0.5, 0.6) is 0 Å². The SMILES string of the molecule is COCCN1CC2=C(C1=O)C(c1ccc(C(C)C)cc1)NC(=O)N2C. The first-order chi connectivity index (χ1) is 11.9. The van der Waals surface area contributed by atoms with Crippen LogP contribution in [0.1, 0.15) is 36.9 Å². The van der Waals surface area contributed by atoms with Crippen molar-refractivity contribution in [2.45, 2.75) is 25.8 Å². The van der Waals surface area contributed by atoms with Crippen LogP contribution < -0.4 is 5.32 Å². The van der Waals surface area contributed by atoms with Crippen LogP contribution in [0.15, 0.2) is 35.5 Å². The Morgan fingerprint density at radius 1 is 1.24 bits per heavy atom. The number of hydrogen-bond acceptors (Lipinski definition) is 3. The van der Waals surface area contributed by atoms with E-state index in [1.165, 1.54) is 5.56 Å². The van der Waals surface area contributed by atoms with Crippen molar-refractivity contribution in [3.8, 4) is 0 Å². The van der Waals surface area contributed by atoms with Crippen molar-refractivity contribution in [1.82, 2.24) is 15.1 Å². The number of likely N-dealkylation sites (N-methyl/N-ethyl adjacent to an activating group) is 1. The minimum atomic E-state index is -0.403. The third-order valence-electron chi connectivity index (χ3n) is 4.94. The van der Waals surface area contributed by atoms with Gasteiger partial charge in [0, 0.05) is 20.7 Å². The van der Waals surface area contributed by atoms with Gasteiger partial charge in [0.15, 0.2) is 0 Å². The number of carbonyl (C=O) groups excluding carboxylic acids is 2. The zero-order valence-corrected chi connectivity index (χ0v) is 15.2. The van der Waals surface area contributed by atoms with Gasteiger partial charge in [0.05, 0.1) is 30.5 Å². The van der Waals surface area contributed by atoms with E-state index in [1.54, 1.807) is 24.0 Å². The van der Waals surface area contributed by atoms with Crippen LogP contribution in [0, 0.1) is 0 Å². The summed E-state index contributed by atoms with van der Waals surface area (Å²) in [6.45, 7) is 5.72. The van der Waals surface area contributed by atoms with Crippen LogP contribution in [-0.4, -0.2) is 55.6 Å². The maximum atomic E-state index is 12.9. The molecule has 3 rings (SSSR count). The number of carbonyl (C=O) groups is 2. The molecule has 0 saturated heterocycles. The lowest BCUT2D eigenvalue weighted by Gasteiger charge is -2.31. The predicted octanol–water partition coefficient (Wildman–Crippen LogP) is 2.25. The summed E-state index contributed by atoms with van der Waals surface area (Å²) in [7, 11) is 3.32. The molecule has 0 spiro atoms. The molecule has 2 heterocycles. The van der Waals surface area contributed by atoms with Crippen LogP contribution in [0.4, 0.5) is 4.79 Å². The zero-order valence-electron chi connectivity index (χ0n) is 15.2. The summed E-state index contributed by atoms with van der Waals surface area (Å²) in [5, 5.41) is 2.96. The minimum absolute atomic E-state index is 0.0307. The van der Waals surface area contributed by atoms with E-state index in [1.807, 2.05) is 12.1 Å². The summed E-state index contributed by atoms with van der Waals surface area (Å²) in [5.74, 6) is 0.408. The molecular weight excluding hydrogens is 318 g/mol. The van der Waals surface area contributed by atoms with Crippen molar-refractivity contribution in [3.63, 3.8) is 0 Å². The smallest absolute Gasteiger partial charge is 0.322 e. The number of rotatable bonds is 5. The highest BCUT2D eigenvalue weighted by Gasteiger charge is 2.42. The van der Waals surface area contributed by atoms with Gasteiger partial charge in [-0.25, -0.2) is 4.79 Å². The number of ether oxygens (including phenoxy) is 1. The Morgan fingerprint density at radius 3 is 2.52 bits per heavy atom. The zero-order chi connectivity index (χ0) is 18.1. The van der Waals surface area contributed by atoms with Crippen molar-refractivity contribution < 1.29 is 14.3 Å².